The molecule has 0 atom stereocenters. The van der Waals surface area contributed by atoms with E-state index in [4.69, 9.17) is 4.74 Å². The number of urea groups is 1. The summed E-state index contributed by atoms with van der Waals surface area (Å²) in [7, 11) is 1.64. The molecule has 3 rings (SSSR count). The molecule has 5 heteroatoms. The van der Waals surface area contributed by atoms with Crippen molar-refractivity contribution in [2.45, 2.75) is 6.42 Å². The molecule has 0 aliphatic carbocycles. The van der Waals surface area contributed by atoms with E-state index in [1.807, 2.05) is 48.5 Å². The minimum atomic E-state index is -0.205. The summed E-state index contributed by atoms with van der Waals surface area (Å²) in [6, 6.07) is 15.5. The van der Waals surface area contributed by atoms with Crippen LogP contribution in [0.1, 0.15) is 5.56 Å². The van der Waals surface area contributed by atoms with Gasteiger partial charge in [-0.3, -0.25) is 0 Å². The van der Waals surface area contributed by atoms with Gasteiger partial charge >= 0.3 is 6.03 Å². The maximum absolute atomic E-state index is 12.0. The Morgan fingerprint density at radius 2 is 1.91 bits per heavy atom. The Hall–Kier alpha value is -2.95. The first-order valence-electron chi connectivity index (χ1n) is 7.50. The van der Waals surface area contributed by atoms with Crippen molar-refractivity contribution >= 4 is 22.6 Å². The fourth-order valence-corrected chi connectivity index (χ4v) is 2.45. The number of ether oxygens (including phenoxy) is 1. The Morgan fingerprint density at radius 1 is 1.13 bits per heavy atom. The number of amides is 2. The number of para-hydroxylation sites is 1. The van der Waals surface area contributed by atoms with E-state index in [1.54, 1.807) is 13.3 Å². The van der Waals surface area contributed by atoms with Crippen molar-refractivity contribution in [1.82, 2.24) is 10.3 Å². The normalized spacial score (nSPS) is 10.5. The quantitative estimate of drug-likeness (QED) is 0.675. The lowest BCUT2D eigenvalue weighted by molar-refractivity contribution is 0.252. The van der Waals surface area contributed by atoms with Crippen molar-refractivity contribution in [3.05, 3.63) is 60.3 Å². The topological polar surface area (TPSA) is 66.2 Å². The Kier molecular flexibility index (Phi) is 4.47. The molecule has 0 unspecified atom stereocenters. The van der Waals surface area contributed by atoms with Gasteiger partial charge in [-0.2, -0.15) is 0 Å². The van der Waals surface area contributed by atoms with Crippen molar-refractivity contribution in [1.29, 1.82) is 0 Å². The molecular weight excluding hydrogens is 290 g/mol. The maximum atomic E-state index is 12.0. The predicted molar refractivity (Wildman–Crippen MR) is 92.0 cm³/mol. The average Bonchev–Trinajstić information content (AvgIpc) is 2.99. The number of aromatic nitrogens is 1. The van der Waals surface area contributed by atoms with E-state index in [1.165, 1.54) is 0 Å². The molecule has 3 N–H and O–H groups in total. The van der Waals surface area contributed by atoms with E-state index in [0.717, 1.165) is 34.3 Å². The molecule has 3 aromatic rings. The molecule has 0 saturated carbocycles. The van der Waals surface area contributed by atoms with Gasteiger partial charge in [-0.25, -0.2) is 4.79 Å². The van der Waals surface area contributed by atoms with Crippen LogP contribution in [0.25, 0.3) is 10.9 Å². The van der Waals surface area contributed by atoms with E-state index >= 15 is 0 Å². The van der Waals surface area contributed by atoms with Crippen molar-refractivity contribution in [3.8, 4) is 5.75 Å². The average molecular weight is 309 g/mol. The number of benzene rings is 2. The fraction of sp³-hybridized carbons (Fsp3) is 0.167. The molecule has 5 nitrogen and oxygen atoms in total. The highest BCUT2D eigenvalue weighted by molar-refractivity contribution is 6.00. The number of nitrogens with one attached hydrogen (secondary N) is 3. The van der Waals surface area contributed by atoms with Crippen LogP contribution < -0.4 is 15.4 Å². The maximum Gasteiger partial charge on any atom is 0.319 e. The Labute approximate surface area is 134 Å². The number of carbonyl (C=O) groups is 1. The van der Waals surface area contributed by atoms with Crippen molar-refractivity contribution in [2.24, 2.45) is 0 Å². The lowest BCUT2D eigenvalue weighted by atomic mass is 10.1. The number of methoxy groups -OCH3 is 1. The standard InChI is InChI=1S/C18H19N3O2/c1-23-14-8-6-13(7-9-14)10-11-19-18(22)21-17-12-20-16-5-3-2-4-15(16)17/h2-9,12,20H,10-11H2,1H3,(H2,19,21,22). The third-order valence-electron chi connectivity index (χ3n) is 3.70. The minimum Gasteiger partial charge on any atom is -0.497 e. The van der Waals surface area contributed by atoms with Gasteiger partial charge in [0.05, 0.1) is 12.8 Å². The van der Waals surface area contributed by atoms with Gasteiger partial charge in [0.1, 0.15) is 5.75 Å². The summed E-state index contributed by atoms with van der Waals surface area (Å²) in [4.78, 5) is 15.1. The van der Waals surface area contributed by atoms with Gasteiger partial charge in [0.15, 0.2) is 0 Å². The number of rotatable bonds is 5. The zero-order valence-corrected chi connectivity index (χ0v) is 12.9. The van der Waals surface area contributed by atoms with E-state index in [0.29, 0.717) is 6.54 Å². The number of fused-ring (bicyclic) bond motifs is 1. The smallest absolute Gasteiger partial charge is 0.319 e. The van der Waals surface area contributed by atoms with Gasteiger partial charge in [-0.1, -0.05) is 30.3 Å². The summed E-state index contributed by atoms with van der Waals surface area (Å²) in [5.41, 5.74) is 2.93. The van der Waals surface area contributed by atoms with Crippen molar-refractivity contribution in [3.63, 3.8) is 0 Å². The molecule has 2 aromatic carbocycles. The number of H-pyrrole nitrogens is 1. The summed E-state index contributed by atoms with van der Waals surface area (Å²) in [6.07, 6.45) is 2.57. The molecular formula is C18H19N3O2. The highest BCUT2D eigenvalue weighted by Gasteiger charge is 2.06. The Bertz CT molecular complexity index is 793. The summed E-state index contributed by atoms with van der Waals surface area (Å²) in [6.45, 7) is 0.570. The van der Waals surface area contributed by atoms with Crippen LogP contribution in [0.5, 0.6) is 5.75 Å². The van der Waals surface area contributed by atoms with Gasteiger partial charge < -0.3 is 20.4 Å². The molecule has 1 aromatic heterocycles. The van der Waals surface area contributed by atoms with Crippen LogP contribution in [0, 0.1) is 0 Å². The van der Waals surface area contributed by atoms with E-state index in [9.17, 15) is 4.79 Å². The van der Waals surface area contributed by atoms with Crippen LogP contribution in [0.15, 0.2) is 54.7 Å². The fourth-order valence-electron chi connectivity index (χ4n) is 2.45. The molecule has 0 aliphatic rings. The molecule has 0 bridgehead atoms. The molecule has 23 heavy (non-hydrogen) atoms. The number of anilines is 1. The number of carbonyl (C=O) groups excluding carboxylic acids is 1. The first-order valence-corrected chi connectivity index (χ1v) is 7.50. The first kappa shape index (κ1) is 15.0. The molecule has 0 saturated heterocycles. The highest BCUT2D eigenvalue weighted by atomic mass is 16.5. The van der Waals surface area contributed by atoms with Crippen LogP contribution in [-0.2, 0) is 6.42 Å². The third kappa shape index (κ3) is 3.63. The highest BCUT2D eigenvalue weighted by Crippen LogP contribution is 2.22. The predicted octanol–water partition coefficient (Wildman–Crippen LogP) is 3.54. The van der Waals surface area contributed by atoms with Crippen LogP contribution in [-0.4, -0.2) is 24.7 Å². The van der Waals surface area contributed by atoms with E-state index in [2.05, 4.69) is 15.6 Å². The second kappa shape index (κ2) is 6.87. The Morgan fingerprint density at radius 3 is 2.70 bits per heavy atom. The SMILES string of the molecule is COc1ccc(CCNC(=O)Nc2c[nH]c3ccccc23)cc1. The molecule has 0 spiro atoms. The van der Waals surface area contributed by atoms with Crippen LogP contribution in [0.2, 0.25) is 0 Å². The molecule has 0 radical (unpaired) electrons. The zero-order valence-electron chi connectivity index (χ0n) is 12.9. The molecule has 118 valence electrons. The third-order valence-corrected chi connectivity index (χ3v) is 3.70. The molecule has 0 fully saturated rings. The van der Waals surface area contributed by atoms with Crippen molar-refractivity contribution < 1.29 is 9.53 Å². The summed E-state index contributed by atoms with van der Waals surface area (Å²) >= 11 is 0. The second-order valence-electron chi connectivity index (χ2n) is 5.23. The lowest BCUT2D eigenvalue weighted by Gasteiger charge is -2.07. The lowest BCUT2D eigenvalue weighted by Crippen LogP contribution is -2.30. The molecule has 0 aliphatic heterocycles. The summed E-state index contributed by atoms with van der Waals surface area (Å²) in [5.74, 6) is 0.832. The zero-order chi connectivity index (χ0) is 16.1. The van der Waals surface area contributed by atoms with Crippen LogP contribution in [0.3, 0.4) is 0 Å². The van der Waals surface area contributed by atoms with Crippen molar-refractivity contribution in [2.75, 3.05) is 19.0 Å². The van der Waals surface area contributed by atoms with E-state index < -0.39 is 0 Å². The summed E-state index contributed by atoms with van der Waals surface area (Å²) < 4.78 is 5.12. The molecule has 2 amide bonds. The monoisotopic (exact) mass is 309 g/mol. The van der Waals surface area contributed by atoms with E-state index in [-0.39, 0.29) is 6.03 Å². The number of hydrogen-bond acceptors (Lipinski definition) is 2. The van der Waals surface area contributed by atoms with Crippen LogP contribution in [0.4, 0.5) is 10.5 Å². The number of aromatic amines is 1. The largest absolute Gasteiger partial charge is 0.497 e. The Balaban J connectivity index is 1.51. The first-order chi connectivity index (χ1) is 11.3. The van der Waals surface area contributed by atoms with Gasteiger partial charge in [0.2, 0.25) is 0 Å². The van der Waals surface area contributed by atoms with Gasteiger partial charge in [-0.15, -0.1) is 0 Å². The molecule has 1 heterocycles. The van der Waals surface area contributed by atoms with Gasteiger partial charge in [0, 0.05) is 23.6 Å². The minimum absolute atomic E-state index is 0.205. The number of hydrogen-bond donors (Lipinski definition) is 3. The second-order valence-corrected chi connectivity index (χ2v) is 5.23. The van der Waals surface area contributed by atoms with Gasteiger partial charge in [0.25, 0.3) is 0 Å². The van der Waals surface area contributed by atoms with Gasteiger partial charge in [-0.05, 0) is 30.2 Å². The summed E-state index contributed by atoms with van der Waals surface area (Å²) in [5, 5.41) is 6.73. The van der Waals surface area contributed by atoms with Crippen LogP contribution >= 0.6 is 0 Å².